The van der Waals surface area contributed by atoms with E-state index >= 15 is 0 Å². The molecule has 1 unspecified atom stereocenters. The summed E-state index contributed by atoms with van der Waals surface area (Å²) >= 11 is 5.19. The van der Waals surface area contributed by atoms with Gasteiger partial charge in [0.05, 0.1) is 6.04 Å². The van der Waals surface area contributed by atoms with Gasteiger partial charge in [-0.3, -0.25) is 14.9 Å². The first-order chi connectivity index (χ1) is 14.0. The molecule has 29 heavy (non-hydrogen) atoms. The summed E-state index contributed by atoms with van der Waals surface area (Å²) in [5.74, 6) is -0.443. The van der Waals surface area contributed by atoms with Crippen molar-refractivity contribution in [1.29, 1.82) is 0 Å². The minimum Gasteiger partial charge on any atom is -0.346 e. The van der Waals surface area contributed by atoms with Gasteiger partial charge in [-0.05, 0) is 61.1 Å². The van der Waals surface area contributed by atoms with Gasteiger partial charge in [0, 0.05) is 16.8 Å². The molecule has 5 nitrogen and oxygen atoms in total. The number of rotatable bonds is 5. The fourth-order valence-electron chi connectivity index (χ4n) is 2.74. The molecule has 0 aliphatic rings. The smallest absolute Gasteiger partial charge is 0.257 e. The second-order valence-corrected chi connectivity index (χ2v) is 6.87. The zero-order valence-electron chi connectivity index (χ0n) is 15.9. The van der Waals surface area contributed by atoms with Crippen molar-refractivity contribution in [2.75, 3.05) is 5.32 Å². The highest BCUT2D eigenvalue weighted by Crippen LogP contribution is 2.14. The molecular formula is C23H21N3O2S. The zero-order chi connectivity index (χ0) is 20.6. The number of carbonyl (C=O) groups is 2. The van der Waals surface area contributed by atoms with Crippen LogP contribution in [0, 0.1) is 0 Å². The van der Waals surface area contributed by atoms with Gasteiger partial charge >= 0.3 is 0 Å². The maximum absolute atomic E-state index is 12.4. The first kappa shape index (κ1) is 20.2. The first-order valence-corrected chi connectivity index (χ1v) is 9.57. The molecule has 0 aromatic heterocycles. The monoisotopic (exact) mass is 403 g/mol. The Bertz CT molecular complexity index is 990. The molecule has 0 heterocycles. The Morgan fingerprint density at radius 1 is 0.759 bits per heavy atom. The second-order valence-electron chi connectivity index (χ2n) is 6.46. The van der Waals surface area contributed by atoms with Crippen LogP contribution in [0.2, 0.25) is 0 Å². The summed E-state index contributed by atoms with van der Waals surface area (Å²) in [4.78, 5) is 24.6. The molecule has 6 heteroatoms. The molecule has 0 spiro atoms. The van der Waals surface area contributed by atoms with Crippen LogP contribution in [0.4, 0.5) is 5.69 Å². The Balaban J connectivity index is 1.55. The van der Waals surface area contributed by atoms with Crippen LogP contribution < -0.4 is 16.0 Å². The number of benzene rings is 3. The van der Waals surface area contributed by atoms with E-state index in [4.69, 9.17) is 12.2 Å². The Hall–Kier alpha value is -3.51. The Kier molecular flexibility index (Phi) is 6.71. The van der Waals surface area contributed by atoms with Crippen molar-refractivity contribution in [3.05, 3.63) is 102 Å². The van der Waals surface area contributed by atoms with Gasteiger partial charge < -0.3 is 10.6 Å². The Morgan fingerprint density at radius 3 is 1.93 bits per heavy atom. The molecule has 0 bridgehead atoms. The fourth-order valence-corrected chi connectivity index (χ4v) is 2.95. The minimum absolute atomic E-state index is 0.0951. The Labute approximate surface area is 175 Å². The van der Waals surface area contributed by atoms with Crippen molar-refractivity contribution >= 4 is 34.8 Å². The van der Waals surface area contributed by atoms with Crippen LogP contribution in [-0.2, 0) is 0 Å². The summed E-state index contributed by atoms with van der Waals surface area (Å²) in [7, 11) is 0. The van der Waals surface area contributed by atoms with Crippen molar-refractivity contribution in [2.45, 2.75) is 13.0 Å². The topological polar surface area (TPSA) is 70.2 Å². The lowest BCUT2D eigenvalue weighted by Crippen LogP contribution is -2.34. The van der Waals surface area contributed by atoms with Crippen LogP contribution in [0.1, 0.15) is 39.2 Å². The number of anilines is 1. The standard InChI is InChI=1S/C23H21N3O2S/c1-16(17-8-4-2-5-9-17)24-21(27)19-12-14-20(15-13-19)25-23(29)26-22(28)18-10-6-3-7-11-18/h2-16H,1H3,(H,24,27)(H2,25,26,28,29). The van der Waals surface area contributed by atoms with Gasteiger partial charge in [-0.1, -0.05) is 48.5 Å². The molecular weight excluding hydrogens is 382 g/mol. The van der Waals surface area contributed by atoms with E-state index in [1.807, 2.05) is 43.3 Å². The molecule has 0 fully saturated rings. The fraction of sp³-hybridized carbons (Fsp3) is 0.0870. The lowest BCUT2D eigenvalue weighted by molar-refractivity contribution is 0.0938. The maximum Gasteiger partial charge on any atom is 0.257 e. The van der Waals surface area contributed by atoms with Crippen LogP contribution in [-0.4, -0.2) is 16.9 Å². The maximum atomic E-state index is 12.4. The van der Waals surface area contributed by atoms with Crippen LogP contribution >= 0.6 is 12.2 Å². The SMILES string of the molecule is CC(NC(=O)c1ccc(NC(=S)NC(=O)c2ccccc2)cc1)c1ccccc1. The third-order valence-electron chi connectivity index (χ3n) is 4.32. The van der Waals surface area contributed by atoms with Crippen molar-refractivity contribution in [3.8, 4) is 0 Å². The summed E-state index contributed by atoms with van der Waals surface area (Å²) in [6.07, 6.45) is 0. The van der Waals surface area contributed by atoms with Gasteiger partial charge in [0.25, 0.3) is 11.8 Å². The van der Waals surface area contributed by atoms with Gasteiger partial charge in [0.2, 0.25) is 0 Å². The molecule has 0 aliphatic heterocycles. The van der Waals surface area contributed by atoms with E-state index in [1.165, 1.54) is 0 Å². The second kappa shape index (κ2) is 9.61. The van der Waals surface area contributed by atoms with Crippen LogP contribution in [0.5, 0.6) is 0 Å². The molecule has 0 saturated heterocycles. The van der Waals surface area contributed by atoms with Crippen LogP contribution in [0.25, 0.3) is 0 Å². The predicted octanol–water partition coefficient (Wildman–Crippen LogP) is 4.30. The van der Waals surface area contributed by atoms with Crippen molar-refractivity contribution < 1.29 is 9.59 Å². The van der Waals surface area contributed by atoms with E-state index in [1.54, 1.807) is 48.5 Å². The summed E-state index contributed by atoms with van der Waals surface area (Å²) in [5.41, 5.74) is 2.78. The molecule has 3 aromatic rings. The van der Waals surface area contributed by atoms with E-state index in [-0.39, 0.29) is 23.0 Å². The van der Waals surface area contributed by atoms with Crippen LogP contribution in [0.3, 0.4) is 0 Å². The molecule has 1 atom stereocenters. The van der Waals surface area contributed by atoms with Gasteiger partial charge in [-0.25, -0.2) is 0 Å². The van der Waals surface area contributed by atoms with Crippen molar-refractivity contribution in [2.24, 2.45) is 0 Å². The van der Waals surface area contributed by atoms with Crippen molar-refractivity contribution in [3.63, 3.8) is 0 Å². The number of thiocarbonyl (C=S) groups is 1. The highest BCUT2D eigenvalue weighted by molar-refractivity contribution is 7.80. The van der Waals surface area contributed by atoms with E-state index in [9.17, 15) is 9.59 Å². The Morgan fingerprint density at radius 2 is 1.31 bits per heavy atom. The lowest BCUT2D eigenvalue weighted by Gasteiger charge is -2.15. The van der Waals surface area contributed by atoms with E-state index in [0.29, 0.717) is 16.8 Å². The van der Waals surface area contributed by atoms with Gasteiger partial charge in [-0.2, -0.15) is 0 Å². The van der Waals surface area contributed by atoms with E-state index in [2.05, 4.69) is 16.0 Å². The summed E-state index contributed by atoms with van der Waals surface area (Å²) in [5, 5.41) is 8.74. The highest BCUT2D eigenvalue weighted by atomic mass is 32.1. The summed E-state index contributed by atoms with van der Waals surface area (Å²) in [6.45, 7) is 1.94. The molecule has 0 radical (unpaired) electrons. The van der Waals surface area contributed by atoms with Crippen molar-refractivity contribution in [1.82, 2.24) is 10.6 Å². The van der Waals surface area contributed by atoms with Gasteiger partial charge in [-0.15, -0.1) is 0 Å². The number of nitrogens with one attached hydrogen (secondary N) is 3. The average molecular weight is 404 g/mol. The summed E-state index contributed by atoms with van der Waals surface area (Å²) in [6, 6.07) is 25.4. The van der Waals surface area contributed by atoms with Gasteiger partial charge in [0.15, 0.2) is 5.11 Å². The van der Waals surface area contributed by atoms with Gasteiger partial charge in [0.1, 0.15) is 0 Å². The third kappa shape index (κ3) is 5.73. The molecule has 3 N–H and O–H groups in total. The summed E-state index contributed by atoms with van der Waals surface area (Å²) < 4.78 is 0. The predicted molar refractivity (Wildman–Crippen MR) is 119 cm³/mol. The number of hydrogen-bond donors (Lipinski definition) is 3. The molecule has 0 aliphatic carbocycles. The normalized spacial score (nSPS) is 11.2. The molecule has 2 amide bonds. The third-order valence-corrected chi connectivity index (χ3v) is 4.52. The molecule has 3 aromatic carbocycles. The lowest BCUT2D eigenvalue weighted by atomic mass is 10.1. The quantitative estimate of drug-likeness (QED) is 0.556. The number of hydrogen-bond acceptors (Lipinski definition) is 3. The van der Waals surface area contributed by atoms with Crippen LogP contribution in [0.15, 0.2) is 84.9 Å². The van der Waals surface area contributed by atoms with E-state index < -0.39 is 0 Å². The number of carbonyl (C=O) groups excluding carboxylic acids is 2. The highest BCUT2D eigenvalue weighted by Gasteiger charge is 2.12. The average Bonchev–Trinajstić information content (AvgIpc) is 2.75. The number of amides is 2. The van der Waals surface area contributed by atoms with E-state index in [0.717, 1.165) is 5.56 Å². The zero-order valence-corrected chi connectivity index (χ0v) is 16.7. The largest absolute Gasteiger partial charge is 0.346 e. The molecule has 146 valence electrons. The first-order valence-electron chi connectivity index (χ1n) is 9.16. The minimum atomic E-state index is -0.283. The molecule has 0 saturated carbocycles. The molecule has 3 rings (SSSR count).